The van der Waals surface area contributed by atoms with Gasteiger partial charge in [-0.15, -0.1) is 0 Å². The molecule has 3 aromatic carbocycles. The molecule has 4 aromatic rings. The molecule has 0 radical (unpaired) electrons. The van der Waals surface area contributed by atoms with E-state index < -0.39 is 10.0 Å². The second-order valence-corrected chi connectivity index (χ2v) is 8.46. The van der Waals surface area contributed by atoms with Gasteiger partial charge in [-0.05, 0) is 42.5 Å². The summed E-state index contributed by atoms with van der Waals surface area (Å²) in [5.41, 5.74) is 9.16. The Hall–Kier alpha value is -3.29. The highest BCUT2D eigenvalue weighted by Gasteiger charge is 2.19. The zero-order valence-electron chi connectivity index (χ0n) is 15.2. The van der Waals surface area contributed by atoms with Crippen molar-refractivity contribution >= 4 is 27.3 Å². The summed E-state index contributed by atoms with van der Waals surface area (Å²) in [6.45, 7) is 0. The molecule has 0 amide bonds. The highest BCUT2D eigenvalue weighted by Crippen LogP contribution is 2.28. The number of rotatable bonds is 5. The van der Waals surface area contributed by atoms with Crippen molar-refractivity contribution in [2.75, 3.05) is 10.6 Å². The van der Waals surface area contributed by atoms with Crippen molar-refractivity contribution in [2.45, 2.75) is 4.90 Å². The molecule has 29 heavy (non-hydrogen) atoms. The number of nitrogens with zero attached hydrogens (tertiary/aromatic N) is 2. The van der Waals surface area contributed by atoms with E-state index in [-0.39, 0.29) is 4.90 Å². The molecule has 0 spiro atoms. The van der Waals surface area contributed by atoms with Crippen molar-refractivity contribution in [3.63, 3.8) is 0 Å². The molecule has 1 heterocycles. The molecule has 0 unspecified atom stereocenters. The summed E-state index contributed by atoms with van der Waals surface area (Å²) in [4.78, 5) is 3.93. The van der Waals surface area contributed by atoms with E-state index in [0.717, 1.165) is 11.1 Å². The lowest BCUT2D eigenvalue weighted by atomic mass is 10.1. The van der Waals surface area contributed by atoms with Crippen molar-refractivity contribution in [1.29, 1.82) is 0 Å². The van der Waals surface area contributed by atoms with Crippen molar-refractivity contribution in [3.8, 4) is 22.5 Å². The molecular formula is C21H17ClN4O2S. The first-order valence-electron chi connectivity index (χ1n) is 8.72. The summed E-state index contributed by atoms with van der Waals surface area (Å²) in [7, 11) is -3.83. The monoisotopic (exact) mass is 424 g/mol. The normalized spacial score (nSPS) is 11.3. The fourth-order valence-corrected chi connectivity index (χ4v) is 4.00. The Kier molecular flexibility index (Phi) is 5.00. The Balaban J connectivity index is 1.82. The van der Waals surface area contributed by atoms with Crippen LogP contribution in [-0.2, 0) is 10.0 Å². The first-order valence-corrected chi connectivity index (χ1v) is 10.6. The standard InChI is InChI=1S/C21H17ClN4O2S/c22-17-11-9-15(10-12-17)21-14-20(16-5-4-6-18(23)13-16)24-26(21)25-29(27,28)19-7-2-1-3-8-19/h1-14,25H,23H2. The molecule has 0 aliphatic carbocycles. The molecule has 6 nitrogen and oxygen atoms in total. The molecule has 0 fully saturated rings. The summed E-state index contributed by atoms with van der Waals surface area (Å²) in [6.07, 6.45) is 0. The molecule has 0 aliphatic heterocycles. The van der Waals surface area contributed by atoms with Crippen LogP contribution in [0.25, 0.3) is 22.5 Å². The van der Waals surface area contributed by atoms with Crippen molar-refractivity contribution in [2.24, 2.45) is 0 Å². The van der Waals surface area contributed by atoms with E-state index in [4.69, 9.17) is 17.3 Å². The Bertz CT molecular complexity index is 1250. The molecule has 0 saturated heterocycles. The van der Waals surface area contributed by atoms with Gasteiger partial charge < -0.3 is 5.73 Å². The molecule has 0 atom stereocenters. The van der Waals surface area contributed by atoms with E-state index in [0.29, 0.717) is 22.1 Å². The van der Waals surface area contributed by atoms with E-state index in [1.165, 1.54) is 16.9 Å². The van der Waals surface area contributed by atoms with Gasteiger partial charge in [-0.3, -0.25) is 0 Å². The predicted octanol–water partition coefficient (Wildman–Crippen LogP) is 4.39. The average Bonchev–Trinajstić information content (AvgIpc) is 3.12. The molecule has 0 saturated carbocycles. The number of nitrogen functional groups attached to an aromatic ring is 1. The van der Waals surface area contributed by atoms with Crippen molar-refractivity contribution < 1.29 is 8.42 Å². The summed E-state index contributed by atoms with van der Waals surface area (Å²) < 4.78 is 25.7. The van der Waals surface area contributed by atoms with Gasteiger partial charge in [-0.25, -0.2) is 0 Å². The second-order valence-electron chi connectivity index (χ2n) is 6.37. The number of hydrogen-bond acceptors (Lipinski definition) is 4. The Morgan fingerprint density at radius 1 is 0.862 bits per heavy atom. The summed E-state index contributed by atoms with van der Waals surface area (Å²) in [5, 5.41) is 5.05. The van der Waals surface area contributed by atoms with Gasteiger partial charge in [0, 0.05) is 21.8 Å². The number of benzene rings is 3. The molecule has 8 heteroatoms. The third kappa shape index (κ3) is 4.11. The molecule has 0 aliphatic rings. The number of hydrogen-bond donors (Lipinski definition) is 2. The van der Waals surface area contributed by atoms with Crippen LogP contribution < -0.4 is 10.6 Å². The molecule has 146 valence electrons. The Labute approximate surface area is 173 Å². The van der Waals surface area contributed by atoms with Gasteiger partial charge in [0.25, 0.3) is 10.0 Å². The highest BCUT2D eigenvalue weighted by atomic mass is 35.5. The highest BCUT2D eigenvalue weighted by molar-refractivity contribution is 7.92. The van der Waals surface area contributed by atoms with Crippen LogP contribution in [-0.4, -0.2) is 18.3 Å². The number of anilines is 1. The summed E-state index contributed by atoms with van der Waals surface area (Å²) >= 11 is 6.00. The lowest BCUT2D eigenvalue weighted by Gasteiger charge is -2.11. The van der Waals surface area contributed by atoms with Crippen molar-refractivity contribution in [1.82, 2.24) is 9.89 Å². The maximum Gasteiger partial charge on any atom is 0.276 e. The summed E-state index contributed by atoms with van der Waals surface area (Å²) in [6, 6.07) is 24.2. The number of aromatic nitrogens is 2. The van der Waals surface area contributed by atoms with E-state index in [2.05, 4.69) is 9.93 Å². The van der Waals surface area contributed by atoms with Gasteiger partial charge >= 0.3 is 0 Å². The molecule has 3 N–H and O–H groups in total. The minimum atomic E-state index is -3.83. The van der Waals surface area contributed by atoms with Crippen LogP contribution in [0.1, 0.15) is 0 Å². The number of nitrogens with one attached hydrogen (secondary N) is 1. The molecule has 0 bridgehead atoms. The van der Waals surface area contributed by atoms with Crippen LogP contribution >= 0.6 is 11.6 Å². The molecule has 4 rings (SSSR count). The van der Waals surface area contributed by atoms with Gasteiger partial charge in [0.05, 0.1) is 16.3 Å². The first-order chi connectivity index (χ1) is 13.9. The zero-order chi connectivity index (χ0) is 20.4. The maximum atomic E-state index is 12.8. The number of halogens is 1. The predicted molar refractivity (Wildman–Crippen MR) is 116 cm³/mol. The second kappa shape index (κ2) is 7.62. The maximum absolute atomic E-state index is 12.8. The van der Waals surface area contributed by atoms with Crippen LogP contribution in [0.5, 0.6) is 0 Å². The van der Waals surface area contributed by atoms with Gasteiger partial charge in [0.15, 0.2) is 0 Å². The Morgan fingerprint density at radius 3 is 2.28 bits per heavy atom. The summed E-state index contributed by atoms with van der Waals surface area (Å²) in [5.74, 6) is 0. The SMILES string of the molecule is Nc1cccc(-c2cc(-c3ccc(Cl)cc3)n(NS(=O)(=O)c3ccccc3)n2)c1. The van der Waals surface area contributed by atoms with E-state index in [1.807, 2.05) is 12.1 Å². The lowest BCUT2D eigenvalue weighted by molar-refractivity contribution is 0.592. The lowest BCUT2D eigenvalue weighted by Crippen LogP contribution is -2.25. The van der Waals surface area contributed by atoms with Crippen molar-refractivity contribution in [3.05, 3.63) is 90.0 Å². The van der Waals surface area contributed by atoms with E-state index in [1.54, 1.807) is 60.7 Å². The number of sulfonamides is 1. The Morgan fingerprint density at radius 2 is 1.59 bits per heavy atom. The zero-order valence-corrected chi connectivity index (χ0v) is 16.7. The smallest absolute Gasteiger partial charge is 0.276 e. The van der Waals surface area contributed by atoms with Gasteiger partial charge in [0.2, 0.25) is 0 Å². The van der Waals surface area contributed by atoms with Crippen LogP contribution in [0.15, 0.2) is 89.8 Å². The quantitative estimate of drug-likeness (QED) is 0.465. The van der Waals surface area contributed by atoms with Gasteiger partial charge in [-0.1, -0.05) is 54.1 Å². The van der Waals surface area contributed by atoms with Crippen LogP contribution in [0.3, 0.4) is 0 Å². The minimum absolute atomic E-state index is 0.142. The average molecular weight is 425 g/mol. The largest absolute Gasteiger partial charge is 0.399 e. The van der Waals surface area contributed by atoms with E-state index in [9.17, 15) is 8.42 Å². The minimum Gasteiger partial charge on any atom is -0.399 e. The fraction of sp³-hybridized carbons (Fsp3) is 0. The molecule has 1 aromatic heterocycles. The van der Waals surface area contributed by atoms with Crippen LogP contribution in [0, 0.1) is 0 Å². The van der Waals surface area contributed by atoms with Crippen LogP contribution in [0.4, 0.5) is 5.69 Å². The third-order valence-corrected chi connectivity index (χ3v) is 5.85. The first kappa shape index (κ1) is 19.0. The fourth-order valence-electron chi connectivity index (χ4n) is 2.88. The van der Waals surface area contributed by atoms with Gasteiger partial charge in [-0.2, -0.15) is 23.1 Å². The van der Waals surface area contributed by atoms with Gasteiger partial charge in [0.1, 0.15) is 0 Å². The molecular weight excluding hydrogens is 408 g/mol. The number of nitrogens with two attached hydrogens (primary N) is 1. The topological polar surface area (TPSA) is 90.0 Å². The van der Waals surface area contributed by atoms with E-state index >= 15 is 0 Å². The third-order valence-electron chi connectivity index (χ3n) is 4.29. The van der Waals surface area contributed by atoms with Crippen LogP contribution in [0.2, 0.25) is 5.02 Å².